The Bertz CT molecular complexity index is 447. The third kappa shape index (κ3) is 3.17. The second-order valence-corrected chi connectivity index (χ2v) is 4.38. The molecule has 0 aliphatic rings. The fraction of sp³-hybridized carbons (Fsp3) is 0.429. The number of nitrogens with zero attached hydrogens (tertiary/aromatic N) is 2. The van der Waals surface area contributed by atoms with Gasteiger partial charge in [0.05, 0.1) is 17.9 Å². The van der Waals surface area contributed by atoms with Crippen molar-refractivity contribution in [2.75, 3.05) is 6.54 Å². The van der Waals surface area contributed by atoms with E-state index in [2.05, 4.69) is 58.8 Å². The van der Waals surface area contributed by atoms with Crippen molar-refractivity contribution in [3.8, 4) is 0 Å². The van der Waals surface area contributed by atoms with Crippen molar-refractivity contribution in [1.29, 1.82) is 0 Å². The molecule has 0 amide bonds. The van der Waals surface area contributed by atoms with Crippen molar-refractivity contribution in [2.45, 2.75) is 32.7 Å². The lowest BCUT2D eigenvalue weighted by molar-refractivity contribution is 0.535. The fourth-order valence-electron chi connectivity index (χ4n) is 2.05. The maximum Gasteiger partial charge on any atom is 0.0997 e. The molecule has 2 rings (SSSR count). The minimum absolute atomic E-state index is 0.223. The Kier molecular flexibility index (Phi) is 4.47. The second-order valence-electron chi connectivity index (χ2n) is 4.38. The molecule has 1 atom stereocenters. The number of hydrogen-bond acceptors (Lipinski definition) is 3. The number of benzene rings is 1. The highest BCUT2D eigenvalue weighted by Gasteiger charge is 2.13. The SMILES string of the molecule is CCNC(Cc1ccc(CC)cc1)c1cn[nH]n1. The lowest BCUT2D eigenvalue weighted by Crippen LogP contribution is -2.23. The molecule has 0 saturated heterocycles. The Morgan fingerprint density at radius 1 is 1.17 bits per heavy atom. The van der Waals surface area contributed by atoms with Crippen molar-refractivity contribution in [1.82, 2.24) is 20.7 Å². The summed E-state index contributed by atoms with van der Waals surface area (Å²) < 4.78 is 0. The van der Waals surface area contributed by atoms with Crippen molar-refractivity contribution >= 4 is 0 Å². The van der Waals surface area contributed by atoms with Gasteiger partial charge in [0.2, 0.25) is 0 Å². The summed E-state index contributed by atoms with van der Waals surface area (Å²) >= 11 is 0. The van der Waals surface area contributed by atoms with E-state index in [9.17, 15) is 0 Å². The second kappa shape index (κ2) is 6.31. The van der Waals surface area contributed by atoms with E-state index in [4.69, 9.17) is 0 Å². The van der Waals surface area contributed by atoms with Crippen molar-refractivity contribution < 1.29 is 0 Å². The Morgan fingerprint density at radius 2 is 1.89 bits per heavy atom. The molecule has 0 radical (unpaired) electrons. The Labute approximate surface area is 108 Å². The van der Waals surface area contributed by atoms with Gasteiger partial charge in [-0.25, -0.2) is 0 Å². The van der Waals surface area contributed by atoms with Crippen LogP contribution in [-0.2, 0) is 12.8 Å². The molecule has 4 heteroatoms. The average molecular weight is 244 g/mol. The van der Waals surface area contributed by atoms with Crippen LogP contribution in [0.5, 0.6) is 0 Å². The van der Waals surface area contributed by atoms with Gasteiger partial charge >= 0.3 is 0 Å². The van der Waals surface area contributed by atoms with Gasteiger partial charge in [-0.05, 0) is 30.5 Å². The van der Waals surface area contributed by atoms with Crippen LogP contribution in [0.1, 0.15) is 36.7 Å². The molecule has 18 heavy (non-hydrogen) atoms. The molecule has 4 nitrogen and oxygen atoms in total. The zero-order valence-corrected chi connectivity index (χ0v) is 11.0. The number of aromatic nitrogens is 3. The van der Waals surface area contributed by atoms with E-state index in [0.29, 0.717) is 0 Å². The molecule has 0 aliphatic carbocycles. The van der Waals surface area contributed by atoms with E-state index >= 15 is 0 Å². The smallest absolute Gasteiger partial charge is 0.0997 e. The molecular formula is C14H20N4. The maximum atomic E-state index is 4.17. The number of H-pyrrole nitrogens is 1. The first-order valence-corrected chi connectivity index (χ1v) is 6.50. The summed E-state index contributed by atoms with van der Waals surface area (Å²) in [7, 11) is 0. The highest BCUT2D eigenvalue weighted by molar-refractivity contribution is 5.24. The van der Waals surface area contributed by atoms with Gasteiger partial charge in [-0.15, -0.1) is 0 Å². The number of nitrogens with one attached hydrogen (secondary N) is 2. The molecule has 96 valence electrons. The normalized spacial score (nSPS) is 12.6. The molecule has 2 aromatic rings. The van der Waals surface area contributed by atoms with Gasteiger partial charge < -0.3 is 5.32 Å². The minimum atomic E-state index is 0.223. The highest BCUT2D eigenvalue weighted by Crippen LogP contribution is 2.16. The lowest BCUT2D eigenvalue weighted by Gasteiger charge is -2.15. The summed E-state index contributed by atoms with van der Waals surface area (Å²) in [4.78, 5) is 0. The first-order chi connectivity index (χ1) is 8.83. The third-order valence-corrected chi connectivity index (χ3v) is 3.11. The summed E-state index contributed by atoms with van der Waals surface area (Å²) in [5.41, 5.74) is 3.66. The van der Waals surface area contributed by atoms with Gasteiger partial charge in [-0.3, -0.25) is 0 Å². The number of likely N-dealkylation sites (N-methyl/N-ethyl adjacent to an activating group) is 1. The van der Waals surface area contributed by atoms with Crippen molar-refractivity contribution in [3.63, 3.8) is 0 Å². The van der Waals surface area contributed by atoms with Gasteiger partial charge in [0, 0.05) is 0 Å². The summed E-state index contributed by atoms with van der Waals surface area (Å²) in [5.74, 6) is 0. The van der Waals surface area contributed by atoms with Gasteiger partial charge in [0.15, 0.2) is 0 Å². The number of hydrogen-bond donors (Lipinski definition) is 2. The van der Waals surface area contributed by atoms with E-state index in [-0.39, 0.29) is 6.04 Å². The van der Waals surface area contributed by atoms with Gasteiger partial charge in [0.25, 0.3) is 0 Å². The van der Waals surface area contributed by atoms with Gasteiger partial charge in [0.1, 0.15) is 0 Å². The molecule has 1 aromatic carbocycles. The quantitative estimate of drug-likeness (QED) is 0.819. The molecule has 1 aromatic heterocycles. The first kappa shape index (κ1) is 12.8. The van der Waals surface area contributed by atoms with Crippen LogP contribution in [-0.4, -0.2) is 22.0 Å². The molecule has 1 unspecified atom stereocenters. The summed E-state index contributed by atoms with van der Waals surface area (Å²) in [6, 6.07) is 9.01. The summed E-state index contributed by atoms with van der Waals surface area (Å²) in [6.45, 7) is 5.20. The zero-order chi connectivity index (χ0) is 12.8. The predicted octanol–water partition coefficient (Wildman–Crippen LogP) is 2.26. The Morgan fingerprint density at radius 3 is 2.44 bits per heavy atom. The molecule has 0 bridgehead atoms. The maximum absolute atomic E-state index is 4.17. The van der Waals surface area contributed by atoms with Gasteiger partial charge in [-0.1, -0.05) is 38.1 Å². The highest BCUT2D eigenvalue weighted by atomic mass is 15.3. The number of aromatic amines is 1. The Balaban J connectivity index is 2.08. The van der Waals surface area contributed by atoms with E-state index in [0.717, 1.165) is 25.1 Å². The van der Waals surface area contributed by atoms with Crippen LogP contribution in [0.4, 0.5) is 0 Å². The van der Waals surface area contributed by atoms with Crippen LogP contribution in [0.3, 0.4) is 0 Å². The van der Waals surface area contributed by atoms with Crippen LogP contribution in [0, 0.1) is 0 Å². The summed E-state index contributed by atoms with van der Waals surface area (Å²) in [6.07, 6.45) is 3.80. The van der Waals surface area contributed by atoms with E-state index in [1.54, 1.807) is 6.20 Å². The third-order valence-electron chi connectivity index (χ3n) is 3.11. The van der Waals surface area contributed by atoms with Crippen LogP contribution >= 0.6 is 0 Å². The van der Waals surface area contributed by atoms with Crippen LogP contribution in [0.15, 0.2) is 30.5 Å². The van der Waals surface area contributed by atoms with Crippen molar-refractivity contribution in [2.24, 2.45) is 0 Å². The average Bonchev–Trinajstić information content (AvgIpc) is 2.93. The molecule has 0 saturated carbocycles. The molecule has 1 heterocycles. The van der Waals surface area contributed by atoms with E-state index < -0.39 is 0 Å². The zero-order valence-electron chi connectivity index (χ0n) is 11.0. The van der Waals surface area contributed by atoms with Crippen LogP contribution in [0.25, 0.3) is 0 Å². The van der Waals surface area contributed by atoms with E-state index in [1.165, 1.54) is 11.1 Å². The Hall–Kier alpha value is -1.68. The topological polar surface area (TPSA) is 53.6 Å². The largest absolute Gasteiger partial charge is 0.309 e. The monoisotopic (exact) mass is 244 g/mol. The fourth-order valence-corrected chi connectivity index (χ4v) is 2.05. The standard InChI is InChI=1S/C14H20N4/c1-3-11-5-7-12(8-6-11)9-13(15-4-2)14-10-16-18-17-14/h5-8,10,13,15H,3-4,9H2,1-2H3,(H,16,17,18). The summed E-state index contributed by atoms with van der Waals surface area (Å²) in [5, 5.41) is 14.2. The van der Waals surface area contributed by atoms with Crippen LogP contribution < -0.4 is 5.32 Å². The van der Waals surface area contributed by atoms with E-state index in [1.807, 2.05) is 0 Å². The molecule has 2 N–H and O–H groups in total. The molecular weight excluding hydrogens is 224 g/mol. The first-order valence-electron chi connectivity index (χ1n) is 6.50. The number of rotatable bonds is 6. The number of aryl methyl sites for hydroxylation is 1. The predicted molar refractivity (Wildman–Crippen MR) is 72.3 cm³/mol. The van der Waals surface area contributed by atoms with Gasteiger partial charge in [-0.2, -0.15) is 15.4 Å². The lowest BCUT2D eigenvalue weighted by atomic mass is 10.0. The molecule has 0 spiro atoms. The van der Waals surface area contributed by atoms with Crippen molar-refractivity contribution in [3.05, 3.63) is 47.3 Å². The molecule has 0 aliphatic heterocycles. The van der Waals surface area contributed by atoms with Crippen LogP contribution in [0.2, 0.25) is 0 Å². The minimum Gasteiger partial charge on any atom is -0.309 e. The molecule has 0 fully saturated rings.